The quantitative estimate of drug-likeness (QED) is 0.351. The lowest BCUT2D eigenvalue weighted by atomic mass is 10.1. The molecule has 0 saturated heterocycles. The number of nitrogens with zero attached hydrogens (tertiary/aromatic N) is 1. The summed E-state index contributed by atoms with van der Waals surface area (Å²) >= 11 is 0. The Kier molecular flexibility index (Phi) is 4.81. The molecular weight excluding hydrogens is 150 g/mol. The SMILES string of the molecule is CCCCO/N=[C]\C1CCCC1. The van der Waals surface area contributed by atoms with Crippen LogP contribution in [0.1, 0.15) is 45.4 Å². The summed E-state index contributed by atoms with van der Waals surface area (Å²) in [6.45, 7) is 2.89. The van der Waals surface area contributed by atoms with Crippen molar-refractivity contribution in [2.24, 2.45) is 11.1 Å². The summed E-state index contributed by atoms with van der Waals surface area (Å²) in [5, 5.41) is 3.84. The Morgan fingerprint density at radius 1 is 1.42 bits per heavy atom. The second-order valence-electron chi connectivity index (χ2n) is 3.39. The molecule has 0 bridgehead atoms. The standard InChI is InChI=1S/C10H18NO/c1-2-3-8-12-11-9-10-6-4-5-7-10/h10H,2-8H2,1H3. The van der Waals surface area contributed by atoms with Gasteiger partial charge >= 0.3 is 0 Å². The minimum Gasteiger partial charge on any atom is -0.396 e. The average Bonchev–Trinajstić information content (AvgIpc) is 2.57. The molecule has 0 aromatic carbocycles. The van der Waals surface area contributed by atoms with E-state index in [9.17, 15) is 0 Å². The smallest absolute Gasteiger partial charge is 0.117 e. The van der Waals surface area contributed by atoms with Gasteiger partial charge in [-0.1, -0.05) is 31.3 Å². The highest BCUT2D eigenvalue weighted by atomic mass is 16.6. The van der Waals surface area contributed by atoms with E-state index in [0.717, 1.165) is 13.0 Å². The first-order valence-electron chi connectivity index (χ1n) is 5.01. The van der Waals surface area contributed by atoms with E-state index >= 15 is 0 Å². The summed E-state index contributed by atoms with van der Waals surface area (Å²) in [6.07, 6.45) is 10.5. The predicted molar refractivity (Wildman–Crippen MR) is 50.3 cm³/mol. The molecule has 0 unspecified atom stereocenters. The number of unbranched alkanes of at least 4 members (excludes halogenated alkanes) is 1. The Balaban J connectivity index is 1.97. The number of hydrogen-bond acceptors (Lipinski definition) is 2. The Morgan fingerprint density at radius 2 is 2.17 bits per heavy atom. The Morgan fingerprint density at radius 3 is 2.83 bits per heavy atom. The topological polar surface area (TPSA) is 21.6 Å². The fourth-order valence-corrected chi connectivity index (χ4v) is 1.42. The van der Waals surface area contributed by atoms with Crippen LogP contribution in [0.15, 0.2) is 5.16 Å². The molecule has 1 saturated carbocycles. The molecule has 1 aliphatic carbocycles. The first kappa shape index (κ1) is 9.56. The van der Waals surface area contributed by atoms with E-state index in [-0.39, 0.29) is 0 Å². The monoisotopic (exact) mass is 168 g/mol. The van der Waals surface area contributed by atoms with Gasteiger partial charge < -0.3 is 4.84 Å². The van der Waals surface area contributed by atoms with Crippen molar-refractivity contribution in [3.8, 4) is 0 Å². The van der Waals surface area contributed by atoms with Crippen LogP contribution < -0.4 is 0 Å². The van der Waals surface area contributed by atoms with Gasteiger partial charge in [-0.3, -0.25) is 0 Å². The first-order valence-corrected chi connectivity index (χ1v) is 5.01. The van der Waals surface area contributed by atoms with Gasteiger partial charge in [0, 0.05) is 5.92 Å². The highest BCUT2D eigenvalue weighted by Crippen LogP contribution is 2.22. The van der Waals surface area contributed by atoms with Crippen molar-refractivity contribution in [2.45, 2.75) is 45.4 Å². The number of hydrogen-bond donors (Lipinski definition) is 0. The second kappa shape index (κ2) is 6.04. The van der Waals surface area contributed by atoms with E-state index in [4.69, 9.17) is 4.84 Å². The van der Waals surface area contributed by atoms with Crippen LogP contribution in [0.4, 0.5) is 0 Å². The van der Waals surface area contributed by atoms with Crippen LogP contribution in [0.5, 0.6) is 0 Å². The lowest BCUT2D eigenvalue weighted by molar-refractivity contribution is 0.141. The molecular formula is C10H18NO. The van der Waals surface area contributed by atoms with Crippen molar-refractivity contribution >= 4 is 6.21 Å². The molecule has 1 radical (unpaired) electrons. The summed E-state index contributed by atoms with van der Waals surface area (Å²) in [6, 6.07) is 0. The molecule has 0 spiro atoms. The van der Waals surface area contributed by atoms with E-state index in [1.165, 1.54) is 32.1 Å². The molecule has 1 fully saturated rings. The van der Waals surface area contributed by atoms with Gasteiger partial charge in [0.1, 0.15) is 12.8 Å². The van der Waals surface area contributed by atoms with E-state index in [2.05, 4.69) is 18.3 Å². The highest BCUT2D eigenvalue weighted by molar-refractivity contribution is 5.60. The largest absolute Gasteiger partial charge is 0.396 e. The zero-order valence-electron chi connectivity index (χ0n) is 7.88. The summed E-state index contributed by atoms with van der Waals surface area (Å²) in [5.41, 5.74) is 0. The van der Waals surface area contributed by atoms with Gasteiger partial charge in [-0.05, 0) is 19.3 Å². The van der Waals surface area contributed by atoms with Gasteiger partial charge in [-0.2, -0.15) is 0 Å². The van der Waals surface area contributed by atoms with Crippen LogP contribution in [-0.2, 0) is 4.84 Å². The molecule has 0 aromatic rings. The van der Waals surface area contributed by atoms with Crippen LogP contribution >= 0.6 is 0 Å². The molecule has 0 atom stereocenters. The van der Waals surface area contributed by atoms with Crippen molar-refractivity contribution in [2.75, 3.05) is 6.61 Å². The third kappa shape index (κ3) is 3.74. The normalized spacial score (nSPS) is 19.1. The fraction of sp³-hybridized carbons (Fsp3) is 0.900. The van der Waals surface area contributed by atoms with Crippen LogP contribution in [-0.4, -0.2) is 12.8 Å². The maximum Gasteiger partial charge on any atom is 0.117 e. The third-order valence-corrected chi connectivity index (χ3v) is 2.24. The molecule has 0 N–H and O–H groups in total. The molecule has 0 heterocycles. The molecule has 0 amide bonds. The molecule has 0 aliphatic heterocycles. The number of rotatable bonds is 5. The van der Waals surface area contributed by atoms with Gasteiger partial charge in [-0.15, -0.1) is 0 Å². The molecule has 1 rings (SSSR count). The summed E-state index contributed by atoms with van der Waals surface area (Å²) in [4.78, 5) is 5.05. The molecule has 0 aromatic heterocycles. The maximum atomic E-state index is 5.05. The Labute approximate surface area is 75.0 Å². The van der Waals surface area contributed by atoms with Gasteiger partial charge in [0.15, 0.2) is 0 Å². The van der Waals surface area contributed by atoms with Gasteiger partial charge in [0.2, 0.25) is 0 Å². The molecule has 12 heavy (non-hydrogen) atoms. The Hall–Kier alpha value is -0.530. The minimum absolute atomic E-state index is 0.576. The summed E-state index contributed by atoms with van der Waals surface area (Å²) in [5.74, 6) is 0.576. The zero-order valence-corrected chi connectivity index (χ0v) is 7.88. The van der Waals surface area contributed by atoms with Crippen LogP contribution in [0.25, 0.3) is 0 Å². The van der Waals surface area contributed by atoms with Crippen LogP contribution in [0, 0.1) is 5.92 Å². The Bertz CT molecular complexity index is 128. The van der Waals surface area contributed by atoms with Crippen LogP contribution in [0.2, 0.25) is 0 Å². The van der Waals surface area contributed by atoms with Crippen LogP contribution in [0.3, 0.4) is 0 Å². The molecule has 2 nitrogen and oxygen atoms in total. The molecule has 2 heteroatoms. The third-order valence-electron chi connectivity index (χ3n) is 2.24. The zero-order chi connectivity index (χ0) is 8.65. The van der Waals surface area contributed by atoms with Crippen molar-refractivity contribution < 1.29 is 4.84 Å². The average molecular weight is 168 g/mol. The van der Waals surface area contributed by atoms with Gasteiger partial charge in [0.25, 0.3) is 0 Å². The molecule has 1 aliphatic rings. The van der Waals surface area contributed by atoms with Crippen molar-refractivity contribution in [1.29, 1.82) is 0 Å². The van der Waals surface area contributed by atoms with E-state index in [1.54, 1.807) is 0 Å². The van der Waals surface area contributed by atoms with Crippen molar-refractivity contribution in [1.82, 2.24) is 0 Å². The lowest BCUT2D eigenvalue weighted by Gasteiger charge is -1.98. The van der Waals surface area contributed by atoms with Gasteiger partial charge in [0.05, 0.1) is 0 Å². The maximum absolute atomic E-state index is 5.05. The van der Waals surface area contributed by atoms with Gasteiger partial charge in [-0.25, -0.2) is 0 Å². The van der Waals surface area contributed by atoms with E-state index in [0.29, 0.717) is 5.92 Å². The minimum atomic E-state index is 0.576. The van der Waals surface area contributed by atoms with E-state index in [1.807, 2.05) is 0 Å². The van der Waals surface area contributed by atoms with E-state index < -0.39 is 0 Å². The fourth-order valence-electron chi connectivity index (χ4n) is 1.42. The summed E-state index contributed by atoms with van der Waals surface area (Å²) < 4.78 is 0. The first-order chi connectivity index (χ1) is 5.93. The predicted octanol–water partition coefficient (Wildman–Crippen LogP) is 2.86. The highest BCUT2D eigenvalue weighted by Gasteiger charge is 2.12. The van der Waals surface area contributed by atoms with Crippen molar-refractivity contribution in [3.05, 3.63) is 0 Å². The second-order valence-corrected chi connectivity index (χ2v) is 3.39. The lowest BCUT2D eigenvalue weighted by Crippen LogP contribution is -1.95. The molecule has 69 valence electrons. The van der Waals surface area contributed by atoms with Crippen molar-refractivity contribution in [3.63, 3.8) is 0 Å². The summed E-state index contributed by atoms with van der Waals surface area (Å²) in [7, 11) is 0.